The fraction of sp³-hybridized carbons (Fsp3) is 0.800. The molecule has 1 aliphatic carbocycles. The molecule has 23 heavy (non-hydrogen) atoms. The van der Waals surface area contributed by atoms with E-state index in [2.05, 4.69) is 0 Å². The smallest absolute Gasteiger partial charge is 0.187 e. The zero-order valence-electron chi connectivity index (χ0n) is 12.9. The van der Waals surface area contributed by atoms with Gasteiger partial charge in [0.05, 0.1) is 24.9 Å². The minimum Gasteiger partial charge on any atom is -0.394 e. The van der Waals surface area contributed by atoms with E-state index in [4.69, 9.17) is 19.5 Å². The number of methoxy groups -OCH3 is 1. The van der Waals surface area contributed by atoms with Crippen LogP contribution in [0, 0.1) is 11.3 Å². The highest BCUT2D eigenvalue weighted by molar-refractivity contribution is 5.20. The molecule has 1 saturated heterocycles. The van der Waals surface area contributed by atoms with Crippen LogP contribution < -0.4 is 0 Å². The quantitative estimate of drug-likeness (QED) is 0.474. The Labute approximate surface area is 134 Å². The van der Waals surface area contributed by atoms with Gasteiger partial charge in [-0.3, -0.25) is 0 Å². The second-order valence-corrected chi connectivity index (χ2v) is 5.80. The highest BCUT2D eigenvalue weighted by Gasteiger charge is 2.45. The molecule has 7 atom stereocenters. The van der Waals surface area contributed by atoms with Gasteiger partial charge in [-0.05, 0) is 18.4 Å². The van der Waals surface area contributed by atoms with E-state index in [1.165, 1.54) is 6.08 Å². The minimum atomic E-state index is -1.49. The summed E-state index contributed by atoms with van der Waals surface area (Å²) in [6, 6.07) is 1.97. The van der Waals surface area contributed by atoms with Gasteiger partial charge in [0.15, 0.2) is 6.29 Å². The molecule has 1 saturated carbocycles. The molecule has 4 N–H and O–H groups in total. The number of aliphatic hydroxyl groups excluding tert-OH is 4. The van der Waals surface area contributed by atoms with Gasteiger partial charge in [0, 0.05) is 19.6 Å². The lowest BCUT2D eigenvalue weighted by Crippen LogP contribution is -2.60. The van der Waals surface area contributed by atoms with E-state index in [1.54, 1.807) is 7.11 Å². The summed E-state index contributed by atoms with van der Waals surface area (Å²) < 4.78 is 16.4. The van der Waals surface area contributed by atoms with Gasteiger partial charge >= 0.3 is 0 Å². The van der Waals surface area contributed by atoms with Gasteiger partial charge in [0.2, 0.25) is 0 Å². The zero-order valence-corrected chi connectivity index (χ0v) is 12.9. The van der Waals surface area contributed by atoms with E-state index in [1.807, 2.05) is 6.07 Å². The van der Waals surface area contributed by atoms with Crippen LogP contribution in [0.2, 0.25) is 0 Å². The largest absolute Gasteiger partial charge is 0.394 e. The van der Waals surface area contributed by atoms with Gasteiger partial charge in [0.1, 0.15) is 24.4 Å². The van der Waals surface area contributed by atoms with Crippen LogP contribution in [0.25, 0.3) is 0 Å². The lowest BCUT2D eigenvalue weighted by Gasteiger charge is -2.42. The van der Waals surface area contributed by atoms with Gasteiger partial charge in [-0.1, -0.05) is 0 Å². The van der Waals surface area contributed by atoms with E-state index in [0.717, 1.165) is 12.0 Å². The molecule has 2 fully saturated rings. The molecule has 130 valence electrons. The van der Waals surface area contributed by atoms with Crippen molar-refractivity contribution in [3.05, 3.63) is 11.6 Å². The number of ether oxygens (including phenoxy) is 3. The maximum Gasteiger partial charge on any atom is 0.187 e. The van der Waals surface area contributed by atoms with Crippen molar-refractivity contribution in [1.82, 2.24) is 0 Å². The number of rotatable bonds is 4. The van der Waals surface area contributed by atoms with Gasteiger partial charge in [0.25, 0.3) is 0 Å². The van der Waals surface area contributed by atoms with Crippen molar-refractivity contribution < 1.29 is 34.6 Å². The summed E-state index contributed by atoms with van der Waals surface area (Å²) in [7, 11) is 1.59. The van der Waals surface area contributed by atoms with Crippen molar-refractivity contribution >= 4 is 0 Å². The number of allylic oxidation sites excluding steroid dienone is 1. The van der Waals surface area contributed by atoms with Gasteiger partial charge in [-0.15, -0.1) is 0 Å². The lowest BCUT2D eigenvalue weighted by atomic mass is 9.89. The molecular formula is C15H23NO7. The van der Waals surface area contributed by atoms with Gasteiger partial charge < -0.3 is 34.6 Å². The third-order valence-corrected chi connectivity index (χ3v) is 4.38. The Morgan fingerprint density at radius 3 is 2.65 bits per heavy atom. The Kier molecular flexibility index (Phi) is 6.50. The van der Waals surface area contributed by atoms with Gasteiger partial charge in [-0.2, -0.15) is 5.26 Å². The van der Waals surface area contributed by atoms with Crippen LogP contribution in [0.3, 0.4) is 0 Å². The Balaban J connectivity index is 2.10. The second kappa shape index (κ2) is 8.17. The van der Waals surface area contributed by atoms with Gasteiger partial charge in [-0.25, -0.2) is 0 Å². The monoisotopic (exact) mass is 329 g/mol. The fourth-order valence-corrected chi connectivity index (χ4v) is 2.94. The fourth-order valence-electron chi connectivity index (χ4n) is 2.94. The zero-order chi connectivity index (χ0) is 17.0. The van der Waals surface area contributed by atoms with Crippen molar-refractivity contribution in [2.24, 2.45) is 0 Å². The normalized spacial score (nSPS) is 43.3. The standard InChI is InChI=1S/C15H23NO7/c1-21-9-3-2-8(4-5-16)10(6-9)22-15-14(20)13(19)12(18)11(7-17)23-15/h4,9-15,17-20H,2-3,6-7H2,1H3/b8-4-/t9-,10-,11+,12+,13-,14+,15+/m0/s1. The first-order chi connectivity index (χ1) is 11.0. The summed E-state index contributed by atoms with van der Waals surface area (Å²) >= 11 is 0. The molecule has 2 rings (SSSR count). The molecule has 0 aromatic carbocycles. The number of hydrogen-bond acceptors (Lipinski definition) is 8. The Morgan fingerprint density at radius 1 is 1.30 bits per heavy atom. The third kappa shape index (κ3) is 4.08. The van der Waals surface area contributed by atoms with Crippen LogP contribution in [0.4, 0.5) is 0 Å². The van der Waals surface area contributed by atoms with Crippen molar-refractivity contribution in [3.63, 3.8) is 0 Å². The molecule has 0 bridgehead atoms. The highest BCUT2D eigenvalue weighted by atomic mass is 16.7. The van der Waals surface area contributed by atoms with Crippen LogP contribution >= 0.6 is 0 Å². The topological polar surface area (TPSA) is 132 Å². The molecule has 2 aliphatic rings. The van der Waals surface area contributed by atoms with E-state index in [9.17, 15) is 20.4 Å². The minimum absolute atomic E-state index is 0.0410. The molecule has 0 aromatic rings. The van der Waals surface area contributed by atoms with Crippen molar-refractivity contribution in [2.45, 2.75) is 62.2 Å². The molecule has 0 amide bonds. The van der Waals surface area contributed by atoms with Crippen LogP contribution in [0.5, 0.6) is 0 Å². The van der Waals surface area contributed by atoms with E-state index >= 15 is 0 Å². The number of nitriles is 1. The van der Waals surface area contributed by atoms with Crippen molar-refractivity contribution in [2.75, 3.05) is 13.7 Å². The molecule has 0 unspecified atom stereocenters. The number of nitrogens with zero attached hydrogens (tertiary/aromatic N) is 1. The molecule has 8 heteroatoms. The molecule has 1 aliphatic heterocycles. The maximum atomic E-state index is 10.0. The first-order valence-corrected chi connectivity index (χ1v) is 7.59. The Hall–Kier alpha value is -1.05. The Bertz CT molecular complexity index is 461. The molecule has 1 heterocycles. The first kappa shape index (κ1) is 18.3. The van der Waals surface area contributed by atoms with Crippen LogP contribution in [0.15, 0.2) is 11.6 Å². The maximum absolute atomic E-state index is 10.0. The molecular weight excluding hydrogens is 306 g/mol. The number of hydrogen-bond donors (Lipinski definition) is 4. The van der Waals surface area contributed by atoms with Crippen molar-refractivity contribution in [1.29, 1.82) is 5.26 Å². The summed E-state index contributed by atoms with van der Waals surface area (Å²) in [4.78, 5) is 0. The molecule has 8 nitrogen and oxygen atoms in total. The molecule has 0 aromatic heterocycles. The van der Waals surface area contributed by atoms with Crippen molar-refractivity contribution in [3.8, 4) is 6.07 Å². The average Bonchev–Trinajstić information content (AvgIpc) is 2.57. The summed E-state index contributed by atoms with van der Waals surface area (Å²) in [5, 5.41) is 47.7. The Morgan fingerprint density at radius 2 is 2.04 bits per heavy atom. The summed E-state index contributed by atoms with van der Waals surface area (Å²) in [6.45, 7) is -0.517. The number of aliphatic hydroxyl groups is 4. The highest BCUT2D eigenvalue weighted by Crippen LogP contribution is 2.31. The van der Waals surface area contributed by atoms with E-state index < -0.39 is 43.4 Å². The SMILES string of the molecule is CO[C@H]1CC/C(=C/C#N)[C@@H](O[C@@H]2O[C@H](CO)[C@@H](O)[C@H](O)[C@H]2O)C1. The average molecular weight is 329 g/mol. The molecule has 0 spiro atoms. The van der Waals surface area contributed by atoms with Crippen LogP contribution in [-0.2, 0) is 14.2 Å². The summed E-state index contributed by atoms with van der Waals surface area (Å²) in [5.41, 5.74) is 0.762. The lowest BCUT2D eigenvalue weighted by molar-refractivity contribution is -0.310. The van der Waals surface area contributed by atoms with E-state index in [0.29, 0.717) is 12.8 Å². The van der Waals surface area contributed by atoms with E-state index in [-0.39, 0.29) is 6.10 Å². The van der Waals surface area contributed by atoms with Crippen LogP contribution in [0.1, 0.15) is 19.3 Å². The molecule has 0 radical (unpaired) electrons. The van der Waals surface area contributed by atoms with Crippen LogP contribution in [-0.4, -0.2) is 77.1 Å². The predicted molar refractivity (Wildman–Crippen MR) is 77.0 cm³/mol. The summed E-state index contributed by atoms with van der Waals surface area (Å²) in [5.74, 6) is 0. The summed E-state index contributed by atoms with van der Waals surface area (Å²) in [6.07, 6.45) is -3.89. The second-order valence-electron chi connectivity index (χ2n) is 5.80. The first-order valence-electron chi connectivity index (χ1n) is 7.59. The third-order valence-electron chi connectivity index (χ3n) is 4.38. The predicted octanol–water partition coefficient (Wildman–Crippen LogP) is -1.18.